The molecule has 9 heteroatoms. The van der Waals surface area contributed by atoms with Crippen molar-refractivity contribution in [1.29, 1.82) is 0 Å². The number of aromatic nitrogens is 1. The minimum absolute atomic E-state index is 0.0440. The lowest BCUT2D eigenvalue weighted by Gasteiger charge is -2.09. The Labute approximate surface area is 186 Å². The van der Waals surface area contributed by atoms with Gasteiger partial charge in [-0.25, -0.2) is 13.1 Å². The van der Waals surface area contributed by atoms with Crippen LogP contribution in [0.4, 0.5) is 5.69 Å². The Balaban J connectivity index is 1.64. The Bertz CT molecular complexity index is 1210. The number of nitrogens with one attached hydrogen (secondary N) is 3. The fraction of sp³-hybridized carbons (Fsp3) is 0.0870. The molecule has 1 aromatic heterocycles. The molecule has 2 amide bonds. The Hall–Kier alpha value is -3.82. The lowest BCUT2D eigenvalue weighted by Crippen LogP contribution is -2.24. The maximum absolute atomic E-state index is 12.5. The van der Waals surface area contributed by atoms with E-state index in [0.717, 1.165) is 5.69 Å². The molecule has 0 fully saturated rings. The third kappa shape index (κ3) is 6.10. The number of rotatable bonds is 9. The van der Waals surface area contributed by atoms with Crippen LogP contribution in [0.1, 0.15) is 26.4 Å². The van der Waals surface area contributed by atoms with Crippen molar-refractivity contribution in [3.8, 4) is 0 Å². The number of carbonyl (C=O) groups is 2. The summed E-state index contributed by atoms with van der Waals surface area (Å²) in [6.45, 7) is 3.86. The number of carbonyl (C=O) groups excluding carboxylic acids is 2. The van der Waals surface area contributed by atoms with Crippen molar-refractivity contribution in [2.75, 3.05) is 11.9 Å². The Kier molecular flexibility index (Phi) is 7.48. The Morgan fingerprint density at radius 1 is 0.938 bits per heavy atom. The number of amides is 2. The first kappa shape index (κ1) is 22.9. The van der Waals surface area contributed by atoms with Gasteiger partial charge < -0.3 is 10.6 Å². The zero-order valence-corrected chi connectivity index (χ0v) is 17.9. The van der Waals surface area contributed by atoms with Crippen LogP contribution < -0.4 is 15.4 Å². The molecule has 3 aromatic rings. The van der Waals surface area contributed by atoms with E-state index in [-0.39, 0.29) is 29.5 Å². The average molecular weight is 451 g/mol. The Morgan fingerprint density at radius 2 is 1.72 bits per heavy atom. The molecule has 0 aliphatic carbocycles. The van der Waals surface area contributed by atoms with Gasteiger partial charge in [0, 0.05) is 29.6 Å². The number of hydrogen-bond acceptors (Lipinski definition) is 5. The summed E-state index contributed by atoms with van der Waals surface area (Å²) in [4.78, 5) is 29.1. The highest BCUT2D eigenvalue weighted by atomic mass is 32.2. The number of nitrogens with zero attached hydrogens (tertiary/aromatic N) is 1. The summed E-state index contributed by atoms with van der Waals surface area (Å²) in [5, 5.41) is 5.49. The third-order valence-corrected chi connectivity index (χ3v) is 5.82. The first-order valence-electron chi connectivity index (χ1n) is 9.69. The maximum atomic E-state index is 12.5. The standard InChI is InChI=1S/C23H22N4O4S/c1-2-13-26-32(30,31)21-11-9-17(10-12-21)23(29)27-19-8-5-6-18(15-19)22(28)25-16-20-7-3-4-14-24-20/h2-12,14-15,26H,1,13,16H2,(H,25,28)(H,27,29). The molecule has 0 atom stereocenters. The summed E-state index contributed by atoms with van der Waals surface area (Å²) in [5.41, 5.74) is 1.83. The zero-order chi connectivity index (χ0) is 23.0. The molecule has 2 aromatic carbocycles. The average Bonchev–Trinajstić information content (AvgIpc) is 2.82. The monoisotopic (exact) mass is 450 g/mol. The van der Waals surface area contributed by atoms with Crippen molar-refractivity contribution in [2.45, 2.75) is 11.4 Å². The second kappa shape index (κ2) is 10.5. The number of hydrogen-bond donors (Lipinski definition) is 3. The van der Waals surface area contributed by atoms with E-state index in [1.165, 1.54) is 30.3 Å². The van der Waals surface area contributed by atoms with Crippen molar-refractivity contribution in [2.24, 2.45) is 0 Å². The number of benzene rings is 2. The van der Waals surface area contributed by atoms with Gasteiger partial charge in [0.15, 0.2) is 0 Å². The van der Waals surface area contributed by atoms with Crippen LogP contribution in [0.15, 0.2) is 90.5 Å². The van der Waals surface area contributed by atoms with Crippen molar-refractivity contribution < 1.29 is 18.0 Å². The highest BCUT2D eigenvalue weighted by Gasteiger charge is 2.14. The van der Waals surface area contributed by atoms with Crippen LogP contribution in [0.2, 0.25) is 0 Å². The van der Waals surface area contributed by atoms with Crippen molar-refractivity contribution in [3.05, 3.63) is 102 Å². The molecule has 0 aliphatic heterocycles. The molecule has 0 radical (unpaired) electrons. The maximum Gasteiger partial charge on any atom is 0.255 e. The summed E-state index contributed by atoms with van der Waals surface area (Å²) in [5.74, 6) is -0.729. The predicted octanol–water partition coefficient (Wildman–Crippen LogP) is 2.73. The van der Waals surface area contributed by atoms with Crippen LogP contribution in [-0.4, -0.2) is 31.8 Å². The topological polar surface area (TPSA) is 117 Å². The largest absolute Gasteiger partial charge is 0.346 e. The molecular weight excluding hydrogens is 428 g/mol. The van der Waals surface area contributed by atoms with Gasteiger partial charge in [0.2, 0.25) is 10.0 Å². The van der Waals surface area contributed by atoms with Crippen LogP contribution in [0.5, 0.6) is 0 Å². The van der Waals surface area contributed by atoms with E-state index < -0.39 is 15.9 Å². The minimum atomic E-state index is -3.67. The fourth-order valence-electron chi connectivity index (χ4n) is 2.75. The molecular formula is C23H22N4O4S. The van der Waals surface area contributed by atoms with Gasteiger partial charge in [-0.15, -0.1) is 6.58 Å². The number of sulfonamides is 1. The van der Waals surface area contributed by atoms with E-state index in [2.05, 4.69) is 26.9 Å². The van der Waals surface area contributed by atoms with Crippen LogP contribution in [0.3, 0.4) is 0 Å². The van der Waals surface area contributed by atoms with E-state index in [1.54, 1.807) is 36.5 Å². The van der Waals surface area contributed by atoms with Gasteiger partial charge >= 0.3 is 0 Å². The summed E-state index contributed by atoms with van der Waals surface area (Å²) in [6, 6.07) is 17.5. The van der Waals surface area contributed by atoms with Crippen LogP contribution in [0.25, 0.3) is 0 Å². The van der Waals surface area contributed by atoms with Gasteiger partial charge in [0.25, 0.3) is 11.8 Å². The molecule has 0 unspecified atom stereocenters. The van der Waals surface area contributed by atoms with Crippen LogP contribution >= 0.6 is 0 Å². The molecule has 0 spiro atoms. The molecule has 1 heterocycles. The minimum Gasteiger partial charge on any atom is -0.346 e. The molecule has 0 aliphatic rings. The second-order valence-corrected chi connectivity index (χ2v) is 8.47. The summed E-state index contributed by atoms with van der Waals surface area (Å²) in [6.07, 6.45) is 3.09. The normalized spacial score (nSPS) is 10.9. The van der Waals surface area contributed by atoms with Crippen molar-refractivity contribution >= 4 is 27.5 Å². The first-order chi connectivity index (χ1) is 15.4. The molecule has 0 saturated heterocycles. The molecule has 32 heavy (non-hydrogen) atoms. The molecule has 3 rings (SSSR count). The molecule has 164 valence electrons. The van der Waals surface area contributed by atoms with Gasteiger partial charge in [-0.1, -0.05) is 18.2 Å². The first-order valence-corrected chi connectivity index (χ1v) is 11.2. The number of pyridine rings is 1. The highest BCUT2D eigenvalue weighted by Crippen LogP contribution is 2.15. The Morgan fingerprint density at radius 3 is 2.41 bits per heavy atom. The third-order valence-electron chi connectivity index (χ3n) is 4.38. The quantitative estimate of drug-likeness (QED) is 0.434. The van der Waals surface area contributed by atoms with E-state index in [0.29, 0.717) is 11.3 Å². The van der Waals surface area contributed by atoms with Crippen molar-refractivity contribution in [3.63, 3.8) is 0 Å². The number of anilines is 1. The van der Waals surface area contributed by atoms with Gasteiger partial charge in [-0.2, -0.15) is 0 Å². The van der Waals surface area contributed by atoms with Crippen LogP contribution in [-0.2, 0) is 16.6 Å². The van der Waals surface area contributed by atoms with E-state index in [1.807, 2.05) is 12.1 Å². The smallest absolute Gasteiger partial charge is 0.255 e. The summed E-state index contributed by atoms with van der Waals surface area (Å²) in [7, 11) is -3.67. The van der Waals surface area contributed by atoms with Gasteiger partial charge in [-0.05, 0) is 54.6 Å². The highest BCUT2D eigenvalue weighted by molar-refractivity contribution is 7.89. The van der Waals surface area contributed by atoms with Crippen LogP contribution in [0, 0.1) is 0 Å². The lowest BCUT2D eigenvalue weighted by atomic mass is 10.1. The molecule has 3 N–H and O–H groups in total. The predicted molar refractivity (Wildman–Crippen MR) is 122 cm³/mol. The lowest BCUT2D eigenvalue weighted by molar-refractivity contribution is 0.0949. The van der Waals surface area contributed by atoms with Gasteiger partial charge in [-0.3, -0.25) is 14.6 Å². The SMILES string of the molecule is C=CCNS(=O)(=O)c1ccc(C(=O)Nc2cccc(C(=O)NCc3ccccn3)c2)cc1. The molecule has 0 saturated carbocycles. The molecule has 8 nitrogen and oxygen atoms in total. The summed E-state index contributed by atoms with van der Waals surface area (Å²) < 4.78 is 26.6. The van der Waals surface area contributed by atoms with Gasteiger partial charge in [0.05, 0.1) is 17.1 Å². The van der Waals surface area contributed by atoms with Crippen molar-refractivity contribution in [1.82, 2.24) is 15.0 Å². The zero-order valence-electron chi connectivity index (χ0n) is 17.1. The second-order valence-electron chi connectivity index (χ2n) is 6.70. The van der Waals surface area contributed by atoms with E-state index >= 15 is 0 Å². The fourth-order valence-corrected chi connectivity index (χ4v) is 3.75. The molecule has 0 bridgehead atoms. The summed E-state index contributed by atoms with van der Waals surface area (Å²) >= 11 is 0. The van der Waals surface area contributed by atoms with E-state index in [4.69, 9.17) is 0 Å². The van der Waals surface area contributed by atoms with E-state index in [9.17, 15) is 18.0 Å². The van der Waals surface area contributed by atoms with Gasteiger partial charge in [0.1, 0.15) is 0 Å².